The molecule has 0 unspecified atom stereocenters. The van der Waals surface area contributed by atoms with Gasteiger partial charge in [0.05, 0.1) is 6.42 Å². The summed E-state index contributed by atoms with van der Waals surface area (Å²) in [5.41, 5.74) is 3.04. The number of fused-ring (bicyclic) bond motifs is 1. The maximum absolute atomic E-state index is 11.3. The molecule has 1 fully saturated rings. The van der Waals surface area contributed by atoms with E-state index in [1.54, 1.807) is 0 Å². The van der Waals surface area contributed by atoms with E-state index < -0.39 is 0 Å². The molecule has 1 radical (unpaired) electrons. The van der Waals surface area contributed by atoms with Crippen LogP contribution in [0.5, 0.6) is 0 Å². The number of carbonyl (C=O) groups is 1. The van der Waals surface area contributed by atoms with Crippen molar-refractivity contribution in [3.63, 3.8) is 0 Å². The highest BCUT2D eigenvalue weighted by Crippen LogP contribution is 2.29. The molecule has 2 N–H and O–H groups in total. The lowest BCUT2D eigenvalue weighted by molar-refractivity contribution is -0.115. The van der Waals surface area contributed by atoms with E-state index in [0.29, 0.717) is 18.9 Å². The number of carbonyl (C=O) groups excluding carboxylic acids is 1. The molecule has 0 bridgehead atoms. The Hall–Kier alpha value is -1.55. The Kier molecular flexibility index (Phi) is 2.96. The highest BCUT2D eigenvalue weighted by molar-refractivity contribution is 5.99. The van der Waals surface area contributed by atoms with E-state index in [4.69, 9.17) is 5.11 Å². The van der Waals surface area contributed by atoms with Crippen molar-refractivity contribution in [3.8, 4) is 0 Å². The third-order valence-corrected chi connectivity index (χ3v) is 3.86. The fourth-order valence-corrected chi connectivity index (χ4v) is 2.69. The van der Waals surface area contributed by atoms with E-state index >= 15 is 0 Å². The first-order chi connectivity index (χ1) is 8.76. The molecule has 1 amide bonds. The van der Waals surface area contributed by atoms with E-state index in [1.165, 1.54) is 0 Å². The molecule has 0 aromatic heterocycles. The molecule has 4 nitrogen and oxygen atoms in total. The first kappa shape index (κ1) is 11.5. The van der Waals surface area contributed by atoms with Crippen molar-refractivity contribution >= 4 is 17.3 Å². The minimum Gasteiger partial charge on any atom is -0.396 e. The fraction of sp³-hybridized carbons (Fsp3) is 0.500. The third-order valence-electron chi connectivity index (χ3n) is 3.86. The first-order valence-corrected chi connectivity index (χ1v) is 6.46. The van der Waals surface area contributed by atoms with Gasteiger partial charge in [-0.25, -0.2) is 0 Å². The summed E-state index contributed by atoms with van der Waals surface area (Å²) < 4.78 is 0. The maximum Gasteiger partial charge on any atom is 0.228 e. The molecule has 3 rings (SSSR count). The Morgan fingerprint density at radius 1 is 1.44 bits per heavy atom. The van der Waals surface area contributed by atoms with Crippen molar-refractivity contribution in [1.82, 2.24) is 0 Å². The molecule has 0 spiro atoms. The Morgan fingerprint density at radius 2 is 2.22 bits per heavy atom. The van der Waals surface area contributed by atoms with Gasteiger partial charge in [0.2, 0.25) is 5.91 Å². The zero-order chi connectivity index (χ0) is 12.5. The molecule has 2 aliphatic heterocycles. The summed E-state index contributed by atoms with van der Waals surface area (Å²) >= 11 is 0. The van der Waals surface area contributed by atoms with Crippen molar-refractivity contribution in [1.29, 1.82) is 0 Å². The number of rotatable bonds is 2. The molecular formula is C14H17N2O2. The van der Waals surface area contributed by atoms with Gasteiger partial charge >= 0.3 is 0 Å². The van der Waals surface area contributed by atoms with E-state index in [0.717, 1.165) is 42.9 Å². The van der Waals surface area contributed by atoms with Crippen molar-refractivity contribution in [3.05, 3.63) is 23.8 Å². The van der Waals surface area contributed by atoms with Crippen molar-refractivity contribution < 1.29 is 9.90 Å². The van der Waals surface area contributed by atoms with Crippen LogP contribution in [-0.4, -0.2) is 30.7 Å². The summed E-state index contributed by atoms with van der Waals surface area (Å²) in [4.78, 5) is 13.6. The molecule has 0 aliphatic carbocycles. The van der Waals surface area contributed by atoms with Gasteiger partial charge in [0, 0.05) is 37.1 Å². The Labute approximate surface area is 107 Å². The zero-order valence-electron chi connectivity index (χ0n) is 10.3. The molecule has 1 saturated heterocycles. The molecule has 0 saturated carbocycles. The first-order valence-electron chi connectivity index (χ1n) is 6.46. The van der Waals surface area contributed by atoms with E-state index in [-0.39, 0.29) is 5.91 Å². The Morgan fingerprint density at radius 3 is 2.94 bits per heavy atom. The average molecular weight is 245 g/mol. The summed E-state index contributed by atoms with van der Waals surface area (Å²) in [5, 5.41) is 12.0. The van der Waals surface area contributed by atoms with Gasteiger partial charge in [0.1, 0.15) is 0 Å². The lowest BCUT2D eigenvalue weighted by Crippen LogP contribution is -2.34. The quantitative estimate of drug-likeness (QED) is 0.823. The standard InChI is InChI=1S/C14H17N2O2/c17-9-10-3-5-16(6-4-10)12-1-2-13-11(7-12)8-14(18)15-13/h2,7,10,17H,3-6,8-9H2,(H,15,18). The molecule has 2 aliphatic rings. The smallest absolute Gasteiger partial charge is 0.228 e. The second kappa shape index (κ2) is 4.61. The predicted molar refractivity (Wildman–Crippen MR) is 69.6 cm³/mol. The van der Waals surface area contributed by atoms with Crippen LogP contribution >= 0.6 is 0 Å². The van der Waals surface area contributed by atoms with Gasteiger partial charge in [-0.05, 0) is 36.5 Å². The van der Waals surface area contributed by atoms with Gasteiger partial charge in [0.25, 0.3) is 0 Å². The predicted octanol–water partition coefficient (Wildman–Crippen LogP) is 1.19. The number of hydrogen-bond donors (Lipinski definition) is 2. The van der Waals surface area contributed by atoms with Gasteiger partial charge in [-0.3, -0.25) is 4.79 Å². The number of amides is 1. The topological polar surface area (TPSA) is 52.6 Å². The molecule has 1 aromatic carbocycles. The fourth-order valence-electron chi connectivity index (χ4n) is 2.69. The number of anilines is 2. The van der Waals surface area contributed by atoms with Crippen molar-refractivity contribution in [2.75, 3.05) is 29.9 Å². The number of hydrogen-bond acceptors (Lipinski definition) is 3. The maximum atomic E-state index is 11.3. The number of aliphatic hydroxyl groups is 1. The van der Waals surface area contributed by atoms with E-state index in [1.807, 2.05) is 6.07 Å². The van der Waals surface area contributed by atoms with Crippen LogP contribution in [0, 0.1) is 12.0 Å². The normalized spacial score (nSPS) is 19.8. The van der Waals surface area contributed by atoms with Crippen molar-refractivity contribution in [2.45, 2.75) is 19.3 Å². The largest absolute Gasteiger partial charge is 0.396 e. The van der Waals surface area contributed by atoms with Crippen LogP contribution in [0.15, 0.2) is 12.1 Å². The van der Waals surface area contributed by atoms with Crippen molar-refractivity contribution in [2.24, 2.45) is 5.92 Å². The Bertz CT molecular complexity index is 465. The minimum atomic E-state index is 0.0644. The van der Waals surface area contributed by atoms with Crippen LogP contribution < -0.4 is 10.2 Å². The van der Waals surface area contributed by atoms with Crippen LogP contribution in [-0.2, 0) is 11.2 Å². The molecule has 0 atom stereocenters. The monoisotopic (exact) mass is 245 g/mol. The van der Waals surface area contributed by atoms with Crippen LogP contribution in [0.3, 0.4) is 0 Å². The van der Waals surface area contributed by atoms with E-state index in [9.17, 15) is 4.79 Å². The summed E-state index contributed by atoms with van der Waals surface area (Å²) in [5.74, 6) is 0.508. The van der Waals surface area contributed by atoms with Gasteiger partial charge in [-0.2, -0.15) is 0 Å². The minimum absolute atomic E-state index is 0.0644. The average Bonchev–Trinajstić information content (AvgIpc) is 2.78. The lowest BCUT2D eigenvalue weighted by Gasteiger charge is -2.32. The summed E-state index contributed by atoms with van der Waals surface area (Å²) in [7, 11) is 0. The van der Waals surface area contributed by atoms with E-state index in [2.05, 4.69) is 22.3 Å². The van der Waals surface area contributed by atoms with Crippen LogP contribution in [0.25, 0.3) is 0 Å². The van der Waals surface area contributed by atoms with Crippen LogP contribution in [0.2, 0.25) is 0 Å². The lowest BCUT2D eigenvalue weighted by atomic mass is 9.97. The summed E-state index contributed by atoms with van der Waals surface area (Å²) in [6, 6.07) is 7.17. The molecule has 1 aromatic rings. The molecular weight excluding hydrogens is 228 g/mol. The van der Waals surface area contributed by atoms with Gasteiger partial charge in [0.15, 0.2) is 0 Å². The number of nitrogens with one attached hydrogen (secondary N) is 1. The second-order valence-electron chi connectivity index (χ2n) is 5.10. The van der Waals surface area contributed by atoms with Gasteiger partial charge < -0.3 is 15.3 Å². The molecule has 2 heterocycles. The third kappa shape index (κ3) is 2.08. The molecule has 18 heavy (non-hydrogen) atoms. The van der Waals surface area contributed by atoms with Crippen LogP contribution in [0.1, 0.15) is 18.4 Å². The SMILES string of the molecule is O=C1Cc2cc(N3CCC(CO)CC3)[c]cc2N1. The highest BCUT2D eigenvalue weighted by Gasteiger charge is 2.22. The number of nitrogens with zero attached hydrogens (tertiary/aromatic N) is 1. The summed E-state index contributed by atoms with van der Waals surface area (Å²) in [6.07, 6.45) is 2.53. The summed E-state index contributed by atoms with van der Waals surface area (Å²) in [6.45, 7) is 2.21. The highest BCUT2D eigenvalue weighted by atomic mass is 16.3. The molecule has 95 valence electrons. The number of aliphatic hydroxyl groups excluding tert-OH is 1. The zero-order valence-corrected chi connectivity index (χ0v) is 10.3. The van der Waals surface area contributed by atoms with Gasteiger partial charge in [-0.1, -0.05) is 0 Å². The van der Waals surface area contributed by atoms with Crippen LogP contribution in [0.4, 0.5) is 11.4 Å². The van der Waals surface area contributed by atoms with Gasteiger partial charge in [-0.15, -0.1) is 0 Å². The second-order valence-corrected chi connectivity index (χ2v) is 5.10. The number of piperidine rings is 1. The number of benzene rings is 1. The Balaban J connectivity index is 1.74. The molecule has 4 heteroatoms.